The zero-order valence-corrected chi connectivity index (χ0v) is 16.9. The number of likely N-dealkylation sites (tertiary alicyclic amines) is 1. The molecule has 5 heteroatoms. The van der Waals surface area contributed by atoms with E-state index in [9.17, 15) is 4.79 Å². The van der Waals surface area contributed by atoms with Crippen molar-refractivity contribution in [1.82, 2.24) is 9.80 Å². The molecule has 2 aliphatic rings. The molecule has 1 heterocycles. The molecule has 148 valence electrons. The Labute approximate surface area is 162 Å². The Balaban J connectivity index is 1.54. The molecular weight excluding hydrogens is 340 g/mol. The van der Waals surface area contributed by atoms with E-state index in [1.807, 2.05) is 6.07 Å². The summed E-state index contributed by atoms with van der Waals surface area (Å²) in [7, 11) is 5.50. The van der Waals surface area contributed by atoms with Gasteiger partial charge in [0.05, 0.1) is 14.2 Å². The van der Waals surface area contributed by atoms with Gasteiger partial charge in [0.2, 0.25) is 5.91 Å². The van der Waals surface area contributed by atoms with Gasteiger partial charge in [0.25, 0.3) is 0 Å². The summed E-state index contributed by atoms with van der Waals surface area (Å²) in [5.41, 5.74) is 2.27. The van der Waals surface area contributed by atoms with Crippen LogP contribution in [0.25, 0.3) is 0 Å². The topological polar surface area (TPSA) is 42.0 Å². The summed E-state index contributed by atoms with van der Waals surface area (Å²) in [5.74, 6) is 1.81. The number of benzene rings is 1. The van der Waals surface area contributed by atoms with Gasteiger partial charge in [-0.15, -0.1) is 0 Å². The average Bonchev–Trinajstić information content (AvgIpc) is 3.26. The maximum absolute atomic E-state index is 12.7. The molecule has 5 nitrogen and oxygen atoms in total. The van der Waals surface area contributed by atoms with E-state index in [2.05, 4.69) is 35.1 Å². The number of rotatable bonds is 7. The monoisotopic (exact) mass is 372 g/mol. The van der Waals surface area contributed by atoms with Crippen molar-refractivity contribution in [3.05, 3.63) is 35.4 Å². The fourth-order valence-electron chi connectivity index (χ4n) is 4.09. The van der Waals surface area contributed by atoms with Gasteiger partial charge in [-0.2, -0.15) is 0 Å². The molecule has 1 atom stereocenters. The number of piperidine rings is 1. The molecule has 1 aromatic carbocycles. The SMILES string of the molecule is COc1ccc(CCN(C)[C@@H]2CCCN(C(=O)C3=CCCC3)C2)cc1OC. The number of allylic oxidation sites excluding steroid dienone is 1. The summed E-state index contributed by atoms with van der Waals surface area (Å²) in [6.07, 6.45) is 8.47. The summed E-state index contributed by atoms with van der Waals surface area (Å²) in [6.45, 7) is 2.71. The van der Waals surface area contributed by atoms with E-state index >= 15 is 0 Å². The molecule has 0 radical (unpaired) electrons. The van der Waals surface area contributed by atoms with Gasteiger partial charge in [-0.25, -0.2) is 0 Å². The van der Waals surface area contributed by atoms with E-state index in [4.69, 9.17) is 9.47 Å². The third-order valence-corrected chi connectivity index (χ3v) is 5.82. The Kier molecular flexibility index (Phi) is 6.78. The molecule has 1 aliphatic carbocycles. The number of likely N-dealkylation sites (N-methyl/N-ethyl adjacent to an activating group) is 1. The first-order valence-electron chi connectivity index (χ1n) is 10.0. The van der Waals surface area contributed by atoms with Crippen molar-refractivity contribution in [3.8, 4) is 11.5 Å². The van der Waals surface area contributed by atoms with Crippen LogP contribution < -0.4 is 9.47 Å². The third-order valence-electron chi connectivity index (χ3n) is 5.82. The van der Waals surface area contributed by atoms with E-state index in [1.54, 1.807) is 14.2 Å². The zero-order valence-electron chi connectivity index (χ0n) is 16.9. The van der Waals surface area contributed by atoms with Crippen molar-refractivity contribution < 1.29 is 14.3 Å². The second-order valence-corrected chi connectivity index (χ2v) is 7.59. The third kappa shape index (κ3) is 4.83. The number of carbonyl (C=O) groups excluding carboxylic acids is 1. The van der Waals surface area contributed by atoms with Gasteiger partial charge < -0.3 is 19.3 Å². The van der Waals surface area contributed by atoms with Crippen LogP contribution in [0.1, 0.15) is 37.7 Å². The molecule has 3 rings (SSSR count). The van der Waals surface area contributed by atoms with Crippen molar-refractivity contribution in [2.45, 2.75) is 44.6 Å². The maximum Gasteiger partial charge on any atom is 0.249 e. The van der Waals surface area contributed by atoms with E-state index in [-0.39, 0.29) is 5.91 Å². The predicted octanol–water partition coefficient (Wildman–Crippen LogP) is 3.28. The van der Waals surface area contributed by atoms with Crippen LogP contribution in [0.4, 0.5) is 0 Å². The van der Waals surface area contributed by atoms with Crippen LogP contribution in [0.3, 0.4) is 0 Å². The van der Waals surface area contributed by atoms with Gasteiger partial charge >= 0.3 is 0 Å². The summed E-state index contributed by atoms with van der Waals surface area (Å²) < 4.78 is 10.7. The minimum Gasteiger partial charge on any atom is -0.493 e. The Morgan fingerprint density at radius 2 is 2.04 bits per heavy atom. The van der Waals surface area contributed by atoms with E-state index < -0.39 is 0 Å². The van der Waals surface area contributed by atoms with Gasteiger partial charge in [-0.05, 0) is 63.3 Å². The minimum atomic E-state index is 0.269. The van der Waals surface area contributed by atoms with Crippen LogP contribution >= 0.6 is 0 Å². The standard InChI is InChI=1S/C22H32N2O3/c1-23(14-12-17-10-11-20(26-2)21(15-17)27-3)19-9-6-13-24(16-19)22(25)18-7-4-5-8-18/h7,10-11,15,19H,4-6,8-9,12-14,16H2,1-3H3/t19-/m1/s1. The highest BCUT2D eigenvalue weighted by atomic mass is 16.5. The van der Waals surface area contributed by atoms with Crippen LogP contribution in [0.15, 0.2) is 29.8 Å². The Hall–Kier alpha value is -2.01. The molecule has 0 spiro atoms. The lowest BCUT2D eigenvalue weighted by Gasteiger charge is -2.38. The number of nitrogens with zero attached hydrogens (tertiary/aromatic N) is 2. The number of methoxy groups -OCH3 is 2. The van der Waals surface area contributed by atoms with Crippen LogP contribution in [-0.4, -0.2) is 62.7 Å². The van der Waals surface area contributed by atoms with Gasteiger partial charge in [-0.1, -0.05) is 12.1 Å². The van der Waals surface area contributed by atoms with Crippen LogP contribution in [0.5, 0.6) is 11.5 Å². The number of carbonyl (C=O) groups is 1. The lowest BCUT2D eigenvalue weighted by atomic mass is 10.0. The fraction of sp³-hybridized carbons (Fsp3) is 0.591. The van der Waals surface area contributed by atoms with Crippen molar-refractivity contribution in [1.29, 1.82) is 0 Å². The molecule has 1 saturated heterocycles. The first kappa shape index (κ1) is 19.7. The normalized spacial score (nSPS) is 19.9. The second kappa shape index (κ2) is 9.27. The molecule has 0 saturated carbocycles. The molecule has 1 fully saturated rings. The highest BCUT2D eigenvalue weighted by molar-refractivity contribution is 5.93. The number of hydrogen-bond donors (Lipinski definition) is 0. The summed E-state index contributed by atoms with van der Waals surface area (Å²) in [4.78, 5) is 17.2. The molecular formula is C22H32N2O3. The highest BCUT2D eigenvalue weighted by Gasteiger charge is 2.28. The Morgan fingerprint density at radius 1 is 1.22 bits per heavy atom. The number of hydrogen-bond acceptors (Lipinski definition) is 4. The first-order valence-corrected chi connectivity index (χ1v) is 10.0. The van der Waals surface area contributed by atoms with Crippen LogP contribution in [0.2, 0.25) is 0 Å². The van der Waals surface area contributed by atoms with Crippen molar-refractivity contribution in [2.24, 2.45) is 0 Å². The smallest absolute Gasteiger partial charge is 0.249 e. The Morgan fingerprint density at radius 3 is 2.74 bits per heavy atom. The van der Waals surface area contributed by atoms with E-state index in [0.717, 1.165) is 75.2 Å². The summed E-state index contributed by atoms with van der Waals surface area (Å²) >= 11 is 0. The predicted molar refractivity (Wildman–Crippen MR) is 107 cm³/mol. The minimum absolute atomic E-state index is 0.269. The van der Waals surface area contributed by atoms with Crippen LogP contribution in [0, 0.1) is 0 Å². The first-order chi connectivity index (χ1) is 13.1. The lowest BCUT2D eigenvalue weighted by molar-refractivity contribution is -0.129. The van der Waals surface area contributed by atoms with Crippen molar-refractivity contribution in [3.63, 3.8) is 0 Å². The Bertz CT molecular complexity index is 686. The van der Waals surface area contributed by atoms with Crippen molar-refractivity contribution in [2.75, 3.05) is 40.9 Å². The quantitative estimate of drug-likeness (QED) is 0.737. The fourth-order valence-corrected chi connectivity index (χ4v) is 4.09. The molecule has 0 aromatic heterocycles. The number of ether oxygens (including phenoxy) is 2. The lowest BCUT2D eigenvalue weighted by Crippen LogP contribution is -2.49. The molecule has 27 heavy (non-hydrogen) atoms. The molecule has 0 N–H and O–H groups in total. The maximum atomic E-state index is 12.7. The van der Waals surface area contributed by atoms with Crippen molar-refractivity contribution >= 4 is 5.91 Å². The molecule has 1 amide bonds. The number of amides is 1. The largest absolute Gasteiger partial charge is 0.493 e. The van der Waals surface area contributed by atoms with Gasteiger partial charge in [0, 0.05) is 31.2 Å². The van der Waals surface area contributed by atoms with Gasteiger partial charge in [-0.3, -0.25) is 4.79 Å². The summed E-state index contributed by atoms with van der Waals surface area (Å²) in [5, 5.41) is 0. The summed E-state index contributed by atoms with van der Waals surface area (Å²) in [6, 6.07) is 6.55. The van der Waals surface area contributed by atoms with Gasteiger partial charge in [0.1, 0.15) is 0 Å². The average molecular weight is 373 g/mol. The molecule has 1 aromatic rings. The van der Waals surface area contributed by atoms with Gasteiger partial charge in [0.15, 0.2) is 11.5 Å². The van der Waals surface area contributed by atoms with Crippen LogP contribution in [-0.2, 0) is 11.2 Å². The second-order valence-electron chi connectivity index (χ2n) is 7.59. The molecule has 0 bridgehead atoms. The van der Waals surface area contributed by atoms with E-state index in [0.29, 0.717) is 6.04 Å². The van der Waals surface area contributed by atoms with E-state index in [1.165, 1.54) is 5.56 Å². The molecule has 1 aliphatic heterocycles. The molecule has 0 unspecified atom stereocenters. The highest BCUT2D eigenvalue weighted by Crippen LogP contribution is 2.28. The zero-order chi connectivity index (χ0) is 19.2.